The first kappa shape index (κ1) is 15.2. The maximum atomic E-state index is 13.2. The SMILES string of the molecule is Fc1cc[c]([In]([c]2ccc(F)cc2)[c]2ccc(F)cc2)cc1. The molecule has 0 heterocycles. The van der Waals surface area contributed by atoms with Crippen molar-refractivity contribution in [3.63, 3.8) is 0 Å². The van der Waals surface area contributed by atoms with E-state index >= 15 is 0 Å². The molecule has 0 aromatic heterocycles. The van der Waals surface area contributed by atoms with Crippen LogP contribution < -0.4 is 9.96 Å². The fourth-order valence-electron chi connectivity index (χ4n) is 2.54. The van der Waals surface area contributed by atoms with Crippen LogP contribution in [0.2, 0.25) is 0 Å². The molecule has 0 fully saturated rings. The van der Waals surface area contributed by atoms with Gasteiger partial charge in [-0.15, -0.1) is 0 Å². The number of benzene rings is 3. The summed E-state index contributed by atoms with van der Waals surface area (Å²) in [6.07, 6.45) is 0. The molecule has 22 heavy (non-hydrogen) atoms. The van der Waals surface area contributed by atoms with Crippen LogP contribution in [0.25, 0.3) is 0 Å². The van der Waals surface area contributed by atoms with Gasteiger partial charge in [-0.2, -0.15) is 0 Å². The van der Waals surface area contributed by atoms with Gasteiger partial charge < -0.3 is 0 Å². The van der Waals surface area contributed by atoms with Gasteiger partial charge in [-0.3, -0.25) is 0 Å². The van der Waals surface area contributed by atoms with Gasteiger partial charge in [0.15, 0.2) is 0 Å². The maximum absolute atomic E-state index is 13.2. The Labute approximate surface area is 134 Å². The third-order valence-corrected chi connectivity index (χ3v) is 12.6. The number of hydrogen-bond acceptors (Lipinski definition) is 0. The van der Waals surface area contributed by atoms with E-state index in [-0.39, 0.29) is 17.5 Å². The molecule has 0 saturated heterocycles. The Kier molecular flexibility index (Phi) is 4.57. The fourth-order valence-corrected chi connectivity index (χ4v) is 10.8. The van der Waals surface area contributed by atoms with Gasteiger partial charge in [-0.25, -0.2) is 0 Å². The third-order valence-electron chi connectivity index (χ3n) is 3.61. The Morgan fingerprint density at radius 3 is 0.864 bits per heavy atom. The molecule has 4 heteroatoms. The van der Waals surface area contributed by atoms with Crippen LogP contribution >= 0.6 is 0 Å². The van der Waals surface area contributed by atoms with Gasteiger partial charge >= 0.3 is 135 Å². The molecule has 0 aliphatic heterocycles. The molecular formula is C18H12F3In. The van der Waals surface area contributed by atoms with Gasteiger partial charge in [-0.1, -0.05) is 0 Å². The summed E-state index contributed by atoms with van der Waals surface area (Å²) in [5.41, 5.74) is 0. The summed E-state index contributed by atoms with van der Waals surface area (Å²) >= 11 is -2.72. The zero-order valence-electron chi connectivity index (χ0n) is 11.6. The molecule has 0 spiro atoms. The minimum absolute atomic E-state index is 0.285. The first-order valence-electron chi connectivity index (χ1n) is 6.90. The van der Waals surface area contributed by atoms with Crippen molar-refractivity contribution in [2.75, 3.05) is 0 Å². The van der Waals surface area contributed by atoms with Gasteiger partial charge in [0.2, 0.25) is 0 Å². The monoisotopic (exact) mass is 400 g/mol. The normalized spacial score (nSPS) is 10.5. The number of halogens is 3. The molecule has 3 rings (SSSR count). The second-order valence-electron chi connectivity index (χ2n) is 5.09. The van der Waals surface area contributed by atoms with Crippen molar-refractivity contribution in [3.05, 3.63) is 90.2 Å². The summed E-state index contributed by atoms with van der Waals surface area (Å²) in [6.45, 7) is 0. The molecule has 0 aliphatic carbocycles. The van der Waals surface area contributed by atoms with Crippen molar-refractivity contribution in [2.24, 2.45) is 0 Å². The Morgan fingerprint density at radius 1 is 0.409 bits per heavy atom. The second kappa shape index (κ2) is 6.61. The summed E-state index contributed by atoms with van der Waals surface area (Å²) < 4.78 is 42.8. The predicted molar refractivity (Wildman–Crippen MR) is 83.9 cm³/mol. The molecule has 3 aromatic rings. The van der Waals surface area contributed by atoms with E-state index in [1.807, 2.05) is 0 Å². The van der Waals surface area contributed by atoms with E-state index in [0.717, 1.165) is 9.96 Å². The minimum atomic E-state index is -2.72. The van der Waals surface area contributed by atoms with Crippen molar-refractivity contribution in [2.45, 2.75) is 0 Å². The first-order valence-corrected chi connectivity index (χ1v) is 11.8. The Morgan fingerprint density at radius 2 is 0.636 bits per heavy atom. The molecule has 0 saturated carbocycles. The molecule has 0 radical (unpaired) electrons. The van der Waals surface area contributed by atoms with Crippen LogP contribution in [0.15, 0.2) is 72.8 Å². The molecule has 108 valence electrons. The molecule has 0 aliphatic rings. The molecule has 0 N–H and O–H groups in total. The van der Waals surface area contributed by atoms with Crippen molar-refractivity contribution in [1.82, 2.24) is 0 Å². The van der Waals surface area contributed by atoms with Crippen LogP contribution in [0.4, 0.5) is 13.2 Å². The zero-order valence-corrected chi connectivity index (χ0v) is 14.9. The summed E-state index contributed by atoms with van der Waals surface area (Å²) in [4.78, 5) is 0. The summed E-state index contributed by atoms with van der Waals surface area (Å²) in [5, 5.41) is 0. The topological polar surface area (TPSA) is 0 Å². The average molecular weight is 400 g/mol. The van der Waals surface area contributed by atoms with Gasteiger partial charge in [0.1, 0.15) is 0 Å². The Bertz CT molecular complexity index is 642. The van der Waals surface area contributed by atoms with Crippen LogP contribution in [-0.4, -0.2) is 21.4 Å². The van der Waals surface area contributed by atoms with Crippen LogP contribution in [-0.2, 0) is 0 Å². The van der Waals surface area contributed by atoms with Gasteiger partial charge in [0, 0.05) is 0 Å². The van der Waals surface area contributed by atoms with Crippen LogP contribution in [0.1, 0.15) is 0 Å². The molecule has 0 amide bonds. The van der Waals surface area contributed by atoms with E-state index < -0.39 is 21.4 Å². The van der Waals surface area contributed by atoms with Crippen molar-refractivity contribution in [3.8, 4) is 0 Å². The van der Waals surface area contributed by atoms with Crippen molar-refractivity contribution in [1.29, 1.82) is 0 Å². The van der Waals surface area contributed by atoms with E-state index in [4.69, 9.17) is 0 Å². The van der Waals surface area contributed by atoms with E-state index in [0.29, 0.717) is 0 Å². The molecule has 0 nitrogen and oxygen atoms in total. The summed E-state index contributed by atoms with van der Waals surface area (Å²) in [5.74, 6) is -0.856. The zero-order chi connectivity index (χ0) is 15.5. The summed E-state index contributed by atoms with van der Waals surface area (Å²) in [6, 6.07) is 19.3. The number of hydrogen-bond donors (Lipinski definition) is 0. The van der Waals surface area contributed by atoms with E-state index in [2.05, 4.69) is 0 Å². The second-order valence-corrected chi connectivity index (χ2v) is 13.3. The van der Waals surface area contributed by atoms with Crippen molar-refractivity contribution >= 4 is 31.4 Å². The van der Waals surface area contributed by atoms with Crippen molar-refractivity contribution < 1.29 is 13.2 Å². The fraction of sp³-hybridized carbons (Fsp3) is 0. The summed E-state index contributed by atoms with van der Waals surface area (Å²) in [7, 11) is 0. The third kappa shape index (κ3) is 3.38. The molecule has 0 bridgehead atoms. The first-order chi connectivity index (χ1) is 10.6. The average Bonchev–Trinajstić information content (AvgIpc) is 2.53. The van der Waals surface area contributed by atoms with Crippen LogP contribution in [0.3, 0.4) is 0 Å². The molecule has 3 aromatic carbocycles. The van der Waals surface area contributed by atoms with E-state index in [1.165, 1.54) is 36.4 Å². The molecule has 0 atom stereocenters. The standard InChI is InChI=1S/3C6H4F.In/c3*7-6-4-2-1-3-5-6;/h3*2-5H;. The van der Waals surface area contributed by atoms with Crippen LogP contribution in [0, 0.1) is 17.5 Å². The van der Waals surface area contributed by atoms with E-state index in [9.17, 15) is 13.2 Å². The van der Waals surface area contributed by atoms with Gasteiger partial charge in [0.05, 0.1) is 0 Å². The Balaban J connectivity index is 2.10. The van der Waals surface area contributed by atoms with E-state index in [1.54, 1.807) is 36.4 Å². The predicted octanol–water partition coefficient (Wildman–Crippen LogP) is 2.62. The molecule has 0 unspecified atom stereocenters. The van der Waals surface area contributed by atoms with Gasteiger partial charge in [0.25, 0.3) is 0 Å². The van der Waals surface area contributed by atoms with Crippen LogP contribution in [0.5, 0.6) is 0 Å². The Hall–Kier alpha value is -1.68. The number of rotatable bonds is 3. The van der Waals surface area contributed by atoms with Gasteiger partial charge in [-0.05, 0) is 0 Å². The molecular weight excluding hydrogens is 388 g/mol. The quantitative estimate of drug-likeness (QED) is 0.635.